The molecule has 1 aromatic carbocycles. The number of benzene rings is 1. The first-order chi connectivity index (χ1) is 9.79. The van der Waals surface area contributed by atoms with Crippen LogP contribution >= 0.6 is 0 Å². The fourth-order valence-electron chi connectivity index (χ4n) is 2.22. The zero-order valence-electron chi connectivity index (χ0n) is 11.0. The van der Waals surface area contributed by atoms with E-state index >= 15 is 0 Å². The highest BCUT2D eigenvalue weighted by atomic mass is 32.2. The van der Waals surface area contributed by atoms with Crippen LogP contribution in [-0.2, 0) is 21.2 Å². The fourth-order valence-corrected chi connectivity index (χ4v) is 2.61. The van der Waals surface area contributed by atoms with Gasteiger partial charge in [-0.25, -0.2) is 23.1 Å². The van der Waals surface area contributed by atoms with E-state index in [1.165, 1.54) is 0 Å². The number of carboxylic acids is 1. The van der Waals surface area contributed by atoms with Crippen LogP contribution in [-0.4, -0.2) is 43.9 Å². The molecule has 114 valence electrons. The summed E-state index contributed by atoms with van der Waals surface area (Å²) in [6, 6.07) is 5.21. The van der Waals surface area contributed by atoms with E-state index in [-0.39, 0.29) is 13.0 Å². The maximum Gasteiger partial charge on any atom is 0.327 e. The Balaban J connectivity index is 2.15. The topological polar surface area (TPSA) is 130 Å². The van der Waals surface area contributed by atoms with E-state index in [0.29, 0.717) is 5.69 Å². The summed E-state index contributed by atoms with van der Waals surface area (Å²) in [4.78, 5) is 24.5. The lowest BCUT2D eigenvalue weighted by Gasteiger charge is -2.22. The second-order valence-corrected chi connectivity index (χ2v) is 6.39. The molecule has 0 aliphatic carbocycles. The van der Waals surface area contributed by atoms with Crippen molar-refractivity contribution in [1.29, 1.82) is 0 Å². The number of fused-ring (bicyclic) bond motifs is 1. The summed E-state index contributed by atoms with van der Waals surface area (Å²) < 4.78 is 21.6. The van der Waals surface area contributed by atoms with E-state index in [0.717, 1.165) is 10.5 Å². The van der Waals surface area contributed by atoms with E-state index in [4.69, 9.17) is 5.14 Å². The lowest BCUT2D eigenvalue weighted by molar-refractivity contribution is -0.138. The number of carboxylic acid groups (broad SMARTS) is 1. The number of sulfonamides is 1. The molecule has 0 radical (unpaired) electrons. The first kappa shape index (κ1) is 15.3. The number of para-hydroxylation sites is 1. The molecule has 0 spiro atoms. The summed E-state index contributed by atoms with van der Waals surface area (Å²) >= 11 is 0. The van der Waals surface area contributed by atoms with E-state index in [2.05, 4.69) is 5.32 Å². The van der Waals surface area contributed by atoms with Crippen LogP contribution in [0.2, 0.25) is 0 Å². The largest absolute Gasteiger partial charge is 0.480 e. The van der Waals surface area contributed by atoms with Crippen molar-refractivity contribution in [3.05, 3.63) is 29.8 Å². The highest BCUT2D eigenvalue weighted by molar-refractivity contribution is 7.89. The molecule has 2 amide bonds. The Morgan fingerprint density at radius 3 is 2.67 bits per heavy atom. The molecule has 0 aromatic heterocycles. The van der Waals surface area contributed by atoms with Crippen molar-refractivity contribution in [3.8, 4) is 0 Å². The van der Waals surface area contributed by atoms with Crippen LogP contribution in [0.4, 0.5) is 10.5 Å². The van der Waals surface area contributed by atoms with Crippen molar-refractivity contribution in [2.45, 2.75) is 12.5 Å². The molecule has 1 heterocycles. The van der Waals surface area contributed by atoms with E-state index in [1.54, 1.807) is 24.3 Å². The van der Waals surface area contributed by atoms with E-state index in [9.17, 15) is 23.1 Å². The van der Waals surface area contributed by atoms with Crippen LogP contribution in [0.3, 0.4) is 0 Å². The molecule has 1 aromatic rings. The Bertz CT molecular complexity index is 673. The van der Waals surface area contributed by atoms with Gasteiger partial charge in [0, 0.05) is 18.7 Å². The molecule has 0 fully saturated rings. The summed E-state index contributed by atoms with van der Waals surface area (Å²) in [5, 5.41) is 16.4. The predicted molar refractivity (Wildman–Crippen MR) is 75.4 cm³/mol. The molecule has 1 aliphatic rings. The maximum absolute atomic E-state index is 12.1. The number of nitrogens with zero attached hydrogens (tertiary/aromatic N) is 1. The lowest BCUT2D eigenvalue weighted by Crippen LogP contribution is -2.49. The van der Waals surface area contributed by atoms with Crippen molar-refractivity contribution < 1.29 is 23.1 Å². The van der Waals surface area contributed by atoms with Gasteiger partial charge in [-0.1, -0.05) is 18.2 Å². The SMILES string of the molecule is NS(=O)(=O)CCNC(=O)N1c2ccccc2C[C@H]1C(=O)O. The molecule has 0 saturated heterocycles. The van der Waals surface area contributed by atoms with Gasteiger partial charge in [-0.2, -0.15) is 0 Å². The third kappa shape index (κ3) is 3.50. The van der Waals surface area contributed by atoms with Gasteiger partial charge in [0.1, 0.15) is 6.04 Å². The van der Waals surface area contributed by atoms with Gasteiger partial charge in [0.05, 0.1) is 5.75 Å². The van der Waals surface area contributed by atoms with Crippen LogP contribution in [0.5, 0.6) is 0 Å². The Hall–Kier alpha value is -2.13. The third-order valence-corrected chi connectivity index (χ3v) is 3.92. The Morgan fingerprint density at radius 2 is 2.05 bits per heavy atom. The Kier molecular flexibility index (Phi) is 4.14. The zero-order chi connectivity index (χ0) is 15.6. The van der Waals surface area contributed by atoms with Crippen molar-refractivity contribution in [2.75, 3.05) is 17.2 Å². The number of carbonyl (C=O) groups is 2. The first-order valence-electron chi connectivity index (χ1n) is 6.18. The van der Waals surface area contributed by atoms with Crippen LogP contribution in [0, 0.1) is 0 Å². The Morgan fingerprint density at radius 1 is 1.38 bits per heavy atom. The normalized spacial score (nSPS) is 17.4. The maximum atomic E-state index is 12.1. The number of anilines is 1. The van der Waals surface area contributed by atoms with Crippen LogP contribution in [0.15, 0.2) is 24.3 Å². The number of hydrogen-bond donors (Lipinski definition) is 3. The molecule has 1 aliphatic heterocycles. The highest BCUT2D eigenvalue weighted by Gasteiger charge is 2.38. The van der Waals surface area contributed by atoms with Crippen LogP contribution in [0.1, 0.15) is 5.56 Å². The molecule has 0 unspecified atom stereocenters. The van der Waals surface area contributed by atoms with Crippen LogP contribution < -0.4 is 15.4 Å². The number of urea groups is 1. The molecule has 2 rings (SSSR count). The highest BCUT2D eigenvalue weighted by Crippen LogP contribution is 2.32. The number of rotatable bonds is 4. The molecule has 1 atom stereocenters. The van der Waals surface area contributed by atoms with Crippen molar-refractivity contribution in [3.63, 3.8) is 0 Å². The van der Waals surface area contributed by atoms with Gasteiger partial charge in [0.25, 0.3) is 0 Å². The van der Waals surface area contributed by atoms with Gasteiger partial charge < -0.3 is 10.4 Å². The number of primary sulfonamides is 1. The van der Waals surface area contributed by atoms with Gasteiger partial charge in [-0.05, 0) is 11.6 Å². The molecule has 21 heavy (non-hydrogen) atoms. The number of nitrogens with two attached hydrogens (primary N) is 1. The number of carbonyl (C=O) groups excluding carboxylic acids is 1. The molecule has 0 bridgehead atoms. The zero-order valence-corrected chi connectivity index (χ0v) is 11.8. The van der Waals surface area contributed by atoms with Crippen LogP contribution in [0.25, 0.3) is 0 Å². The van der Waals surface area contributed by atoms with Crippen molar-refractivity contribution in [2.24, 2.45) is 5.14 Å². The predicted octanol–water partition coefficient (Wildman–Crippen LogP) is -0.500. The molecular weight excluding hydrogens is 298 g/mol. The first-order valence-corrected chi connectivity index (χ1v) is 7.89. The summed E-state index contributed by atoms with van der Waals surface area (Å²) in [5.74, 6) is -1.53. The quantitative estimate of drug-likeness (QED) is 0.690. The number of nitrogens with one attached hydrogen (secondary N) is 1. The number of hydrogen-bond acceptors (Lipinski definition) is 4. The van der Waals surface area contributed by atoms with Gasteiger partial charge in [0.15, 0.2) is 0 Å². The minimum Gasteiger partial charge on any atom is -0.480 e. The standard InChI is InChI=1S/C12H15N3O5S/c13-21(19,20)6-5-14-12(18)15-9-4-2-1-3-8(9)7-10(15)11(16)17/h1-4,10H,5-7H2,(H,14,18)(H,16,17)(H2,13,19,20)/t10-/m0/s1. The van der Waals surface area contributed by atoms with Gasteiger partial charge >= 0.3 is 12.0 Å². The van der Waals surface area contributed by atoms with Gasteiger partial charge in [-0.15, -0.1) is 0 Å². The number of aliphatic carboxylic acids is 1. The summed E-state index contributed by atoms with van der Waals surface area (Å²) in [6.45, 7) is -0.178. The molecule has 0 saturated carbocycles. The molecular formula is C12H15N3O5S. The summed E-state index contributed by atoms with van der Waals surface area (Å²) in [5.41, 5.74) is 1.27. The molecule has 8 nitrogen and oxygen atoms in total. The summed E-state index contributed by atoms with van der Waals surface area (Å²) in [6.07, 6.45) is 0.216. The number of amides is 2. The average molecular weight is 313 g/mol. The summed E-state index contributed by atoms with van der Waals surface area (Å²) in [7, 11) is -3.68. The van der Waals surface area contributed by atoms with Crippen molar-refractivity contribution in [1.82, 2.24) is 5.32 Å². The second kappa shape index (κ2) is 5.70. The minimum absolute atomic E-state index is 0.178. The van der Waals surface area contributed by atoms with E-state index in [1.807, 2.05) is 0 Å². The monoisotopic (exact) mass is 313 g/mol. The minimum atomic E-state index is -3.68. The van der Waals surface area contributed by atoms with Gasteiger partial charge in [-0.3, -0.25) is 4.90 Å². The van der Waals surface area contributed by atoms with Crippen molar-refractivity contribution >= 4 is 27.7 Å². The fraction of sp³-hybridized carbons (Fsp3) is 0.333. The molecule has 4 N–H and O–H groups in total. The van der Waals surface area contributed by atoms with E-state index < -0.39 is 33.8 Å². The molecule has 9 heteroatoms. The smallest absolute Gasteiger partial charge is 0.327 e. The lowest BCUT2D eigenvalue weighted by atomic mass is 10.1. The average Bonchev–Trinajstić information content (AvgIpc) is 2.76. The van der Waals surface area contributed by atoms with Gasteiger partial charge in [0.2, 0.25) is 10.0 Å². The second-order valence-electron chi connectivity index (χ2n) is 4.66. The Labute approximate surface area is 121 Å². The third-order valence-electron chi connectivity index (χ3n) is 3.14.